The molecule has 1 aliphatic heterocycles. The van der Waals surface area contributed by atoms with Crippen LogP contribution in [-0.2, 0) is 18.3 Å². The average Bonchev–Trinajstić information content (AvgIpc) is 2.89. The summed E-state index contributed by atoms with van der Waals surface area (Å²) in [6, 6.07) is 0. The molecule has 1 aliphatic carbocycles. The van der Waals surface area contributed by atoms with E-state index in [0.29, 0.717) is 23.5 Å². The highest BCUT2D eigenvalue weighted by Crippen LogP contribution is 2.59. The number of nitrogens with zero attached hydrogens (tertiary/aromatic N) is 2. The number of carbonyl (C=O) groups is 1. The molecule has 2 fully saturated rings. The summed E-state index contributed by atoms with van der Waals surface area (Å²) in [5, 5.41) is 7.51. The standard InChI is InChI=1S/C14H21N3O/c1-17-10-11(9-16-17)2-3-13(18)12-8-14(12)4-6-15-7-5-14/h9-10,12,15H,2-8H2,1H3. The Kier molecular flexibility index (Phi) is 2.98. The average molecular weight is 247 g/mol. The van der Waals surface area contributed by atoms with Gasteiger partial charge in [0.05, 0.1) is 6.20 Å². The van der Waals surface area contributed by atoms with Crippen molar-refractivity contribution in [3.05, 3.63) is 18.0 Å². The van der Waals surface area contributed by atoms with E-state index < -0.39 is 0 Å². The molecule has 98 valence electrons. The van der Waals surface area contributed by atoms with Gasteiger partial charge < -0.3 is 5.32 Å². The summed E-state index contributed by atoms with van der Waals surface area (Å²) in [5.41, 5.74) is 1.56. The van der Waals surface area contributed by atoms with Crippen molar-refractivity contribution in [3.8, 4) is 0 Å². The molecule has 1 saturated carbocycles. The van der Waals surface area contributed by atoms with Gasteiger partial charge in [-0.3, -0.25) is 9.48 Å². The van der Waals surface area contributed by atoms with E-state index in [1.54, 1.807) is 4.68 Å². The molecule has 0 amide bonds. The van der Waals surface area contributed by atoms with Gasteiger partial charge in [0.25, 0.3) is 0 Å². The highest BCUT2D eigenvalue weighted by Gasteiger charge is 2.56. The van der Waals surface area contributed by atoms with E-state index in [-0.39, 0.29) is 0 Å². The van der Waals surface area contributed by atoms with Gasteiger partial charge in [0.1, 0.15) is 5.78 Å². The molecule has 3 rings (SSSR count). The zero-order valence-corrected chi connectivity index (χ0v) is 11.0. The van der Waals surface area contributed by atoms with Crippen molar-refractivity contribution in [1.29, 1.82) is 0 Å². The van der Waals surface area contributed by atoms with Gasteiger partial charge in [0.2, 0.25) is 0 Å². The Bertz CT molecular complexity index is 446. The topological polar surface area (TPSA) is 46.9 Å². The molecule has 1 spiro atoms. The molecule has 4 heteroatoms. The normalized spacial score (nSPS) is 25.3. The predicted octanol–water partition coefficient (Wildman–Crippen LogP) is 1.31. The largest absolute Gasteiger partial charge is 0.317 e. The van der Waals surface area contributed by atoms with Gasteiger partial charge in [0, 0.05) is 25.6 Å². The van der Waals surface area contributed by atoms with Crippen LogP contribution in [0.5, 0.6) is 0 Å². The van der Waals surface area contributed by atoms with E-state index >= 15 is 0 Å². The van der Waals surface area contributed by atoms with Gasteiger partial charge >= 0.3 is 0 Å². The zero-order chi connectivity index (χ0) is 12.6. The monoisotopic (exact) mass is 247 g/mol. The van der Waals surface area contributed by atoms with E-state index in [1.807, 2.05) is 19.4 Å². The van der Waals surface area contributed by atoms with Gasteiger partial charge in [-0.2, -0.15) is 5.10 Å². The quantitative estimate of drug-likeness (QED) is 0.872. The van der Waals surface area contributed by atoms with E-state index in [1.165, 1.54) is 18.4 Å². The van der Waals surface area contributed by atoms with Crippen LogP contribution in [0.15, 0.2) is 12.4 Å². The minimum atomic E-state index is 0.358. The summed E-state index contributed by atoms with van der Waals surface area (Å²) in [6.07, 6.45) is 8.91. The van der Waals surface area contributed by atoms with Crippen LogP contribution < -0.4 is 5.32 Å². The number of ketones is 1. The smallest absolute Gasteiger partial charge is 0.136 e. The van der Waals surface area contributed by atoms with Crippen molar-refractivity contribution < 1.29 is 4.79 Å². The van der Waals surface area contributed by atoms with E-state index in [0.717, 1.165) is 25.9 Å². The van der Waals surface area contributed by atoms with Crippen LogP contribution in [0, 0.1) is 11.3 Å². The molecule has 2 aliphatic rings. The fraction of sp³-hybridized carbons (Fsp3) is 0.714. The van der Waals surface area contributed by atoms with Crippen LogP contribution in [0.25, 0.3) is 0 Å². The molecular formula is C14H21N3O. The van der Waals surface area contributed by atoms with Crippen molar-refractivity contribution >= 4 is 5.78 Å². The number of carbonyl (C=O) groups excluding carboxylic acids is 1. The molecule has 4 nitrogen and oxygen atoms in total. The third kappa shape index (κ3) is 2.21. The summed E-state index contributed by atoms with van der Waals surface area (Å²) in [7, 11) is 1.91. The number of piperidine rings is 1. The molecule has 1 aromatic heterocycles. The van der Waals surface area contributed by atoms with Crippen LogP contribution in [0.3, 0.4) is 0 Å². The zero-order valence-electron chi connectivity index (χ0n) is 11.0. The van der Waals surface area contributed by atoms with Crippen molar-refractivity contribution in [2.45, 2.75) is 32.1 Å². The lowest BCUT2D eigenvalue weighted by molar-refractivity contribution is -0.121. The lowest BCUT2D eigenvalue weighted by Crippen LogP contribution is -2.30. The summed E-state index contributed by atoms with van der Waals surface area (Å²) in [5.74, 6) is 0.831. The molecule has 1 atom stereocenters. The summed E-state index contributed by atoms with van der Waals surface area (Å²) < 4.78 is 1.80. The first-order valence-electron chi connectivity index (χ1n) is 6.91. The SMILES string of the molecule is Cn1cc(CCC(=O)C2CC23CCNCC3)cn1. The highest BCUT2D eigenvalue weighted by atomic mass is 16.1. The second kappa shape index (κ2) is 4.50. The number of nitrogens with one attached hydrogen (secondary N) is 1. The summed E-state index contributed by atoms with van der Waals surface area (Å²) in [4.78, 5) is 12.2. The molecular weight excluding hydrogens is 226 g/mol. The van der Waals surface area contributed by atoms with Crippen molar-refractivity contribution in [2.75, 3.05) is 13.1 Å². The minimum absolute atomic E-state index is 0.358. The van der Waals surface area contributed by atoms with Gasteiger partial charge in [-0.15, -0.1) is 0 Å². The molecule has 18 heavy (non-hydrogen) atoms. The first-order chi connectivity index (χ1) is 8.70. The maximum Gasteiger partial charge on any atom is 0.136 e. The lowest BCUT2D eigenvalue weighted by Gasteiger charge is -2.23. The molecule has 1 unspecified atom stereocenters. The maximum absolute atomic E-state index is 12.2. The summed E-state index contributed by atoms with van der Waals surface area (Å²) >= 11 is 0. The third-order valence-electron chi connectivity index (χ3n) is 4.60. The van der Waals surface area contributed by atoms with E-state index in [9.17, 15) is 4.79 Å². The van der Waals surface area contributed by atoms with Gasteiger partial charge in [-0.1, -0.05) is 0 Å². The third-order valence-corrected chi connectivity index (χ3v) is 4.60. The first-order valence-corrected chi connectivity index (χ1v) is 6.91. The first kappa shape index (κ1) is 11.9. The fourth-order valence-corrected chi connectivity index (χ4v) is 3.32. The van der Waals surface area contributed by atoms with E-state index in [4.69, 9.17) is 0 Å². The number of aryl methyl sites for hydroxylation is 2. The number of hydrogen-bond donors (Lipinski definition) is 1. The molecule has 0 aromatic carbocycles. The van der Waals surface area contributed by atoms with Crippen LogP contribution in [-0.4, -0.2) is 28.7 Å². The molecule has 1 aromatic rings. The predicted molar refractivity (Wildman–Crippen MR) is 69.2 cm³/mol. The minimum Gasteiger partial charge on any atom is -0.317 e. The second-order valence-corrected chi connectivity index (χ2v) is 5.86. The van der Waals surface area contributed by atoms with Crippen LogP contribution >= 0.6 is 0 Å². The van der Waals surface area contributed by atoms with Gasteiger partial charge in [0.15, 0.2) is 0 Å². The Morgan fingerprint density at radius 1 is 1.56 bits per heavy atom. The molecule has 0 bridgehead atoms. The van der Waals surface area contributed by atoms with Gasteiger partial charge in [-0.05, 0) is 49.8 Å². The second-order valence-electron chi connectivity index (χ2n) is 5.86. The Morgan fingerprint density at radius 3 is 3.00 bits per heavy atom. The van der Waals surface area contributed by atoms with E-state index in [2.05, 4.69) is 10.4 Å². The molecule has 1 N–H and O–H groups in total. The molecule has 0 radical (unpaired) electrons. The van der Waals surface area contributed by atoms with Crippen molar-refractivity contribution in [3.63, 3.8) is 0 Å². The highest BCUT2D eigenvalue weighted by molar-refractivity contribution is 5.85. The Morgan fingerprint density at radius 2 is 2.33 bits per heavy atom. The Labute approximate surface area is 108 Å². The fourth-order valence-electron chi connectivity index (χ4n) is 3.32. The van der Waals surface area contributed by atoms with Crippen LogP contribution in [0.4, 0.5) is 0 Å². The maximum atomic E-state index is 12.2. The Hall–Kier alpha value is -1.16. The number of aromatic nitrogens is 2. The summed E-state index contributed by atoms with van der Waals surface area (Å²) in [6.45, 7) is 2.18. The number of hydrogen-bond acceptors (Lipinski definition) is 3. The number of Topliss-reactive ketones (excluding diaryl/α,β-unsaturated/α-hetero) is 1. The molecule has 1 saturated heterocycles. The van der Waals surface area contributed by atoms with Crippen molar-refractivity contribution in [2.24, 2.45) is 18.4 Å². The Balaban J connectivity index is 1.51. The lowest BCUT2D eigenvalue weighted by atomic mass is 9.90. The number of rotatable bonds is 4. The van der Waals surface area contributed by atoms with Crippen LogP contribution in [0.1, 0.15) is 31.2 Å². The van der Waals surface area contributed by atoms with Crippen molar-refractivity contribution in [1.82, 2.24) is 15.1 Å². The van der Waals surface area contributed by atoms with Crippen LogP contribution in [0.2, 0.25) is 0 Å². The molecule has 2 heterocycles. The van der Waals surface area contributed by atoms with Gasteiger partial charge in [-0.25, -0.2) is 0 Å².